The second kappa shape index (κ2) is 4.11. The molecule has 1 unspecified atom stereocenters. The van der Waals surface area contributed by atoms with Crippen LogP contribution in [0.2, 0.25) is 0 Å². The normalized spacial score (nSPS) is 30.5. The lowest BCUT2D eigenvalue weighted by molar-refractivity contribution is -0.125. The van der Waals surface area contributed by atoms with E-state index in [1.165, 1.54) is 6.42 Å². The molecule has 1 saturated carbocycles. The van der Waals surface area contributed by atoms with E-state index in [0.29, 0.717) is 0 Å². The van der Waals surface area contributed by atoms with E-state index in [0.717, 1.165) is 30.9 Å². The monoisotopic (exact) mass is 214 g/mol. The van der Waals surface area contributed by atoms with Crippen molar-refractivity contribution in [1.29, 1.82) is 0 Å². The fourth-order valence-corrected chi connectivity index (χ4v) is 2.88. The second-order valence-electron chi connectivity index (χ2n) is 4.49. The summed E-state index contributed by atoms with van der Waals surface area (Å²) in [6.07, 6.45) is 3.53. The maximum absolute atomic E-state index is 11.8. The quantitative estimate of drug-likeness (QED) is 0.713. The van der Waals surface area contributed by atoms with Gasteiger partial charge in [0, 0.05) is 23.6 Å². The lowest BCUT2D eigenvalue weighted by Crippen LogP contribution is -2.58. The standard InChI is InChI=1S/C10H18N2OS/c1-10(3-2-4-10)12-9(13)8-7-14-6-5-11-8/h8,11H,2-7H2,1H3,(H,12,13). The van der Waals surface area contributed by atoms with Crippen LogP contribution in [-0.4, -0.2) is 35.5 Å². The first kappa shape index (κ1) is 10.3. The van der Waals surface area contributed by atoms with Gasteiger partial charge in [0.05, 0.1) is 6.04 Å². The molecular formula is C10H18N2OS. The molecule has 1 aliphatic heterocycles. The minimum absolute atomic E-state index is 0.0335. The van der Waals surface area contributed by atoms with Crippen LogP contribution in [-0.2, 0) is 4.79 Å². The summed E-state index contributed by atoms with van der Waals surface area (Å²) < 4.78 is 0. The summed E-state index contributed by atoms with van der Waals surface area (Å²) >= 11 is 1.86. The van der Waals surface area contributed by atoms with Gasteiger partial charge in [0.25, 0.3) is 0 Å². The van der Waals surface area contributed by atoms with E-state index in [2.05, 4.69) is 17.6 Å². The number of hydrogen-bond donors (Lipinski definition) is 2. The van der Waals surface area contributed by atoms with Crippen LogP contribution in [0.4, 0.5) is 0 Å². The summed E-state index contributed by atoms with van der Waals surface area (Å²) in [5, 5.41) is 6.40. The predicted molar refractivity (Wildman–Crippen MR) is 59.5 cm³/mol. The molecule has 1 amide bonds. The number of carbonyl (C=O) groups is 1. The van der Waals surface area contributed by atoms with Crippen molar-refractivity contribution in [3.8, 4) is 0 Å². The highest BCUT2D eigenvalue weighted by atomic mass is 32.2. The van der Waals surface area contributed by atoms with Crippen LogP contribution < -0.4 is 10.6 Å². The molecule has 0 aromatic rings. The maximum atomic E-state index is 11.8. The molecule has 1 atom stereocenters. The van der Waals surface area contributed by atoms with Crippen LogP contribution in [0.5, 0.6) is 0 Å². The Labute approximate surface area is 89.4 Å². The van der Waals surface area contributed by atoms with E-state index < -0.39 is 0 Å². The summed E-state index contributed by atoms with van der Waals surface area (Å²) in [4.78, 5) is 11.8. The highest BCUT2D eigenvalue weighted by molar-refractivity contribution is 7.99. The van der Waals surface area contributed by atoms with Gasteiger partial charge in [-0.1, -0.05) is 0 Å². The Morgan fingerprint density at radius 3 is 2.86 bits per heavy atom. The van der Waals surface area contributed by atoms with Gasteiger partial charge in [-0.3, -0.25) is 4.79 Å². The molecule has 1 saturated heterocycles. The van der Waals surface area contributed by atoms with E-state index >= 15 is 0 Å². The third kappa shape index (κ3) is 2.23. The minimum atomic E-state index is 0.0335. The Balaban J connectivity index is 1.81. The summed E-state index contributed by atoms with van der Waals surface area (Å²) in [6.45, 7) is 3.10. The van der Waals surface area contributed by atoms with E-state index in [1.807, 2.05) is 11.8 Å². The molecule has 1 heterocycles. The molecule has 3 nitrogen and oxygen atoms in total. The van der Waals surface area contributed by atoms with Crippen molar-refractivity contribution in [2.24, 2.45) is 0 Å². The fraction of sp³-hybridized carbons (Fsp3) is 0.900. The molecule has 2 aliphatic rings. The first-order chi connectivity index (χ1) is 6.70. The van der Waals surface area contributed by atoms with E-state index in [9.17, 15) is 4.79 Å². The Bertz CT molecular complexity index is 222. The molecule has 80 valence electrons. The van der Waals surface area contributed by atoms with Crippen molar-refractivity contribution < 1.29 is 4.79 Å². The molecule has 2 fully saturated rings. The maximum Gasteiger partial charge on any atom is 0.238 e. The SMILES string of the molecule is CC1(NC(=O)C2CSCCN2)CCC1. The molecule has 0 aromatic heterocycles. The van der Waals surface area contributed by atoms with Crippen molar-refractivity contribution in [2.75, 3.05) is 18.1 Å². The van der Waals surface area contributed by atoms with Gasteiger partial charge in [0.1, 0.15) is 0 Å². The Hall–Kier alpha value is -0.220. The molecule has 2 rings (SSSR count). The number of carbonyl (C=O) groups excluding carboxylic acids is 1. The smallest absolute Gasteiger partial charge is 0.238 e. The molecular weight excluding hydrogens is 196 g/mol. The number of amides is 1. The Kier molecular flexibility index (Phi) is 3.02. The van der Waals surface area contributed by atoms with Crippen LogP contribution in [0.3, 0.4) is 0 Å². The van der Waals surface area contributed by atoms with Crippen LogP contribution in [0.1, 0.15) is 26.2 Å². The van der Waals surface area contributed by atoms with Crippen molar-refractivity contribution in [2.45, 2.75) is 37.8 Å². The lowest BCUT2D eigenvalue weighted by Gasteiger charge is -2.40. The number of thioether (sulfide) groups is 1. The number of nitrogens with one attached hydrogen (secondary N) is 2. The molecule has 4 heteroatoms. The first-order valence-corrected chi connectivity index (χ1v) is 6.48. The van der Waals surface area contributed by atoms with Crippen LogP contribution in [0.15, 0.2) is 0 Å². The first-order valence-electron chi connectivity index (χ1n) is 5.33. The van der Waals surface area contributed by atoms with Gasteiger partial charge in [-0.25, -0.2) is 0 Å². The van der Waals surface area contributed by atoms with Gasteiger partial charge in [-0.05, 0) is 26.2 Å². The van der Waals surface area contributed by atoms with Crippen molar-refractivity contribution in [3.05, 3.63) is 0 Å². The Morgan fingerprint density at radius 2 is 2.36 bits per heavy atom. The zero-order valence-electron chi connectivity index (χ0n) is 8.64. The van der Waals surface area contributed by atoms with Gasteiger partial charge in [-0.2, -0.15) is 11.8 Å². The fourth-order valence-electron chi connectivity index (χ4n) is 1.95. The van der Waals surface area contributed by atoms with Crippen LogP contribution >= 0.6 is 11.8 Å². The topological polar surface area (TPSA) is 41.1 Å². The van der Waals surface area contributed by atoms with Gasteiger partial charge >= 0.3 is 0 Å². The van der Waals surface area contributed by atoms with Crippen molar-refractivity contribution in [3.63, 3.8) is 0 Å². The molecule has 0 aromatic carbocycles. The van der Waals surface area contributed by atoms with Crippen LogP contribution in [0.25, 0.3) is 0 Å². The molecule has 14 heavy (non-hydrogen) atoms. The average Bonchev–Trinajstić information content (AvgIpc) is 2.17. The highest BCUT2D eigenvalue weighted by Gasteiger charge is 2.35. The predicted octanol–water partition coefficient (Wildman–Crippen LogP) is 0.750. The number of hydrogen-bond acceptors (Lipinski definition) is 3. The minimum Gasteiger partial charge on any atom is -0.350 e. The zero-order chi connectivity index (χ0) is 10.0. The van der Waals surface area contributed by atoms with Gasteiger partial charge in [0.15, 0.2) is 0 Å². The van der Waals surface area contributed by atoms with Crippen molar-refractivity contribution in [1.82, 2.24) is 10.6 Å². The van der Waals surface area contributed by atoms with Crippen LogP contribution in [0, 0.1) is 0 Å². The highest BCUT2D eigenvalue weighted by Crippen LogP contribution is 2.31. The summed E-state index contributed by atoms with van der Waals surface area (Å²) in [7, 11) is 0. The number of rotatable bonds is 2. The second-order valence-corrected chi connectivity index (χ2v) is 5.63. The van der Waals surface area contributed by atoms with Gasteiger partial charge in [-0.15, -0.1) is 0 Å². The largest absolute Gasteiger partial charge is 0.350 e. The Morgan fingerprint density at radius 1 is 1.57 bits per heavy atom. The van der Waals surface area contributed by atoms with E-state index in [4.69, 9.17) is 0 Å². The molecule has 0 bridgehead atoms. The summed E-state index contributed by atoms with van der Waals surface area (Å²) in [5.74, 6) is 2.24. The third-order valence-corrected chi connectivity index (χ3v) is 4.18. The zero-order valence-corrected chi connectivity index (χ0v) is 9.45. The van der Waals surface area contributed by atoms with E-state index in [1.54, 1.807) is 0 Å². The van der Waals surface area contributed by atoms with Gasteiger partial charge < -0.3 is 10.6 Å². The molecule has 2 N–H and O–H groups in total. The molecule has 1 aliphatic carbocycles. The summed E-state index contributed by atoms with van der Waals surface area (Å²) in [6, 6.07) is 0.0335. The third-order valence-electron chi connectivity index (χ3n) is 3.12. The summed E-state index contributed by atoms with van der Waals surface area (Å²) in [5.41, 5.74) is 0.0981. The lowest BCUT2D eigenvalue weighted by atomic mass is 9.78. The molecule has 0 radical (unpaired) electrons. The van der Waals surface area contributed by atoms with Crippen molar-refractivity contribution >= 4 is 17.7 Å². The molecule has 0 spiro atoms. The van der Waals surface area contributed by atoms with Gasteiger partial charge in [0.2, 0.25) is 5.91 Å². The van der Waals surface area contributed by atoms with E-state index in [-0.39, 0.29) is 17.5 Å². The average molecular weight is 214 g/mol.